The van der Waals surface area contributed by atoms with Crippen LogP contribution in [0.2, 0.25) is 0 Å². The number of anilines is 3. The lowest BCUT2D eigenvalue weighted by atomic mass is 9.82. The van der Waals surface area contributed by atoms with E-state index in [2.05, 4.69) is 6.58 Å². The summed E-state index contributed by atoms with van der Waals surface area (Å²) in [5.41, 5.74) is 1.72. The van der Waals surface area contributed by atoms with Gasteiger partial charge in [0.25, 0.3) is 11.8 Å². The number of nitrogens with zero attached hydrogens (tertiary/aromatic N) is 2. The number of fused-ring (bicyclic) bond motifs is 3. The van der Waals surface area contributed by atoms with Crippen molar-refractivity contribution in [3.8, 4) is 5.75 Å². The molecule has 1 saturated heterocycles. The molecular formula is C25H26N2O5. The Bertz CT molecular complexity index is 1100. The molecule has 2 aromatic rings. The summed E-state index contributed by atoms with van der Waals surface area (Å²) in [5, 5.41) is 9.43. The van der Waals surface area contributed by atoms with E-state index in [1.54, 1.807) is 15.9 Å². The lowest BCUT2D eigenvalue weighted by Gasteiger charge is -2.31. The minimum absolute atomic E-state index is 0.00396. The minimum Gasteiger partial charge on any atom is -0.482 e. The van der Waals surface area contributed by atoms with E-state index in [0.717, 1.165) is 11.3 Å². The maximum atomic E-state index is 13.7. The molecule has 7 nitrogen and oxygen atoms in total. The topological polar surface area (TPSA) is 79.3 Å². The fourth-order valence-electron chi connectivity index (χ4n) is 5.22. The fraction of sp³-hybridized carbons (Fsp3) is 0.360. The molecule has 2 amide bonds. The molecule has 0 aliphatic carbocycles. The van der Waals surface area contributed by atoms with Crippen molar-refractivity contribution in [2.24, 2.45) is 5.92 Å². The lowest BCUT2D eigenvalue weighted by molar-refractivity contribution is -0.146. The normalized spacial score (nSPS) is 26.3. The lowest BCUT2D eigenvalue weighted by Crippen LogP contribution is -2.44. The van der Waals surface area contributed by atoms with Crippen molar-refractivity contribution < 1.29 is 24.2 Å². The van der Waals surface area contributed by atoms with Crippen molar-refractivity contribution in [2.75, 3.05) is 29.6 Å². The van der Waals surface area contributed by atoms with Crippen molar-refractivity contribution in [3.05, 3.63) is 60.7 Å². The molecule has 32 heavy (non-hydrogen) atoms. The van der Waals surface area contributed by atoms with Crippen molar-refractivity contribution in [1.82, 2.24) is 0 Å². The number of aliphatic hydroxyl groups is 1. The van der Waals surface area contributed by atoms with Gasteiger partial charge in [-0.2, -0.15) is 0 Å². The third-order valence-corrected chi connectivity index (χ3v) is 6.62. The Morgan fingerprint density at radius 1 is 1.22 bits per heavy atom. The van der Waals surface area contributed by atoms with Gasteiger partial charge in [-0.1, -0.05) is 25.1 Å². The molecule has 3 atom stereocenters. The largest absolute Gasteiger partial charge is 0.482 e. The number of para-hydroxylation sites is 2. The van der Waals surface area contributed by atoms with Crippen LogP contribution in [0.25, 0.3) is 0 Å². The van der Waals surface area contributed by atoms with Crippen LogP contribution in [0.5, 0.6) is 5.75 Å². The van der Waals surface area contributed by atoms with Crippen LogP contribution in [-0.2, 0) is 19.9 Å². The average molecular weight is 434 g/mol. The van der Waals surface area contributed by atoms with Gasteiger partial charge in [0.2, 0.25) is 0 Å². The number of hydrogen-bond donors (Lipinski definition) is 1. The predicted molar refractivity (Wildman–Crippen MR) is 120 cm³/mol. The standard InChI is InChI=1S/C25H26N2O5/c1-3-11-26-20-9-8-17(27-21-6-4-5-7-22(21)31-15-23(27)29)14-19(20)25(24(26)30)16(2)13-18(32-25)10-12-28/h3-9,14,16,18,28H,1,10-13,15H2,2H3/t16-,18+,25+/m1/s1. The minimum atomic E-state index is -1.14. The summed E-state index contributed by atoms with van der Waals surface area (Å²) >= 11 is 0. The molecule has 3 aliphatic rings. The molecule has 1 spiro atoms. The number of hydrogen-bond acceptors (Lipinski definition) is 5. The second kappa shape index (κ2) is 7.76. The van der Waals surface area contributed by atoms with Gasteiger partial charge in [0, 0.05) is 30.3 Å². The molecule has 0 radical (unpaired) electrons. The van der Waals surface area contributed by atoms with E-state index in [1.807, 2.05) is 49.4 Å². The highest BCUT2D eigenvalue weighted by Crippen LogP contribution is 2.54. The Morgan fingerprint density at radius 3 is 2.81 bits per heavy atom. The van der Waals surface area contributed by atoms with E-state index in [1.165, 1.54) is 0 Å². The molecular weight excluding hydrogens is 408 g/mol. The molecule has 0 bridgehead atoms. The Morgan fingerprint density at radius 2 is 2.03 bits per heavy atom. The van der Waals surface area contributed by atoms with E-state index in [9.17, 15) is 14.7 Å². The number of amides is 2. The summed E-state index contributed by atoms with van der Waals surface area (Å²) in [6.45, 7) is 6.14. The van der Waals surface area contributed by atoms with Crippen LogP contribution in [0.1, 0.15) is 25.3 Å². The van der Waals surface area contributed by atoms with E-state index in [0.29, 0.717) is 36.5 Å². The van der Waals surface area contributed by atoms with Crippen LogP contribution in [0.4, 0.5) is 17.1 Å². The Labute approximate surface area is 186 Å². The first kappa shape index (κ1) is 20.7. The zero-order valence-corrected chi connectivity index (χ0v) is 18.0. The fourth-order valence-corrected chi connectivity index (χ4v) is 5.22. The number of carbonyl (C=O) groups is 2. The molecule has 0 saturated carbocycles. The molecule has 7 heteroatoms. The van der Waals surface area contributed by atoms with Crippen molar-refractivity contribution in [2.45, 2.75) is 31.5 Å². The molecule has 3 heterocycles. The molecule has 1 fully saturated rings. The zero-order valence-electron chi connectivity index (χ0n) is 18.0. The van der Waals surface area contributed by atoms with Crippen LogP contribution in [0.3, 0.4) is 0 Å². The van der Waals surface area contributed by atoms with Gasteiger partial charge < -0.3 is 19.5 Å². The highest BCUT2D eigenvalue weighted by molar-refractivity contribution is 6.09. The van der Waals surface area contributed by atoms with Gasteiger partial charge in [-0.25, -0.2) is 0 Å². The molecule has 3 aliphatic heterocycles. The number of carbonyl (C=O) groups excluding carboxylic acids is 2. The highest BCUT2D eigenvalue weighted by atomic mass is 16.5. The molecule has 0 aromatic heterocycles. The first-order valence-corrected chi connectivity index (χ1v) is 10.9. The molecule has 2 aromatic carbocycles. The van der Waals surface area contributed by atoms with Gasteiger partial charge in [0.15, 0.2) is 12.2 Å². The monoisotopic (exact) mass is 434 g/mol. The van der Waals surface area contributed by atoms with Crippen LogP contribution in [0.15, 0.2) is 55.1 Å². The van der Waals surface area contributed by atoms with Crippen molar-refractivity contribution in [3.63, 3.8) is 0 Å². The summed E-state index contributed by atoms with van der Waals surface area (Å²) in [4.78, 5) is 29.9. The summed E-state index contributed by atoms with van der Waals surface area (Å²) < 4.78 is 12.0. The highest BCUT2D eigenvalue weighted by Gasteiger charge is 2.60. The average Bonchev–Trinajstić information content (AvgIpc) is 3.24. The van der Waals surface area contributed by atoms with Crippen LogP contribution in [0, 0.1) is 5.92 Å². The second-order valence-corrected chi connectivity index (χ2v) is 8.52. The molecule has 1 N–H and O–H groups in total. The van der Waals surface area contributed by atoms with Crippen LogP contribution < -0.4 is 14.5 Å². The van der Waals surface area contributed by atoms with E-state index in [4.69, 9.17) is 9.47 Å². The van der Waals surface area contributed by atoms with E-state index in [-0.39, 0.29) is 37.0 Å². The van der Waals surface area contributed by atoms with Gasteiger partial charge in [0.05, 0.1) is 17.5 Å². The van der Waals surface area contributed by atoms with Gasteiger partial charge in [-0.05, 0) is 43.2 Å². The van der Waals surface area contributed by atoms with Crippen LogP contribution >= 0.6 is 0 Å². The van der Waals surface area contributed by atoms with Gasteiger partial charge >= 0.3 is 0 Å². The molecule has 166 valence electrons. The third-order valence-electron chi connectivity index (χ3n) is 6.62. The van der Waals surface area contributed by atoms with E-state index >= 15 is 0 Å². The van der Waals surface area contributed by atoms with Gasteiger partial charge in [-0.3, -0.25) is 14.5 Å². The molecule has 0 unspecified atom stereocenters. The summed E-state index contributed by atoms with van der Waals surface area (Å²) in [5.74, 6) is 0.262. The molecule has 5 rings (SSSR count). The van der Waals surface area contributed by atoms with Crippen molar-refractivity contribution >= 4 is 28.9 Å². The smallest absolute Gasteiger partial charge is 0.269 e. The van der Waals surface area contributed by atoms with Crippen molar-refractivity contribution in [1.29, 1.82) is 0 Å². The van der Waals surface area contributed by atoms with Gasteiger partial charge in [-0.15, -0.1) is 6.58 Å². The maximum Gasteiger partial charge on any atom is 0.269 e. The first-order valence-electron chi connectivity index (χ1n) is 10.9. The Hall–Kier alpha value is -3.16. The number of rotatable bonds is 5. The number of aliphatic hydroxyl groups excluding tert-OH is 1. The van der Waals surface area contributed by atoms with Crippen LogP contribution in [-0.4, -0.2) is 42.8 Å². The maximum absolute atomic E-state index is 13.7. The number of benzene rings is 2. The summed E-state index contributed by atoms with van der Waals surface area (Å²) in [6.07, 6.45) is 2.65. The first-order chi connectivity index (χ1) is 15.5. The van der Waals surface area contributed by atoms with E-state index < -0.39 is 5.60 Å². The summed E-state index contributed by atoms with van der Waals surface area (Å²) in [6, 6.07) is 13.0. The zero-order chi connectivity index (χ0) is 22.5. The Balaban J connectivity index is 1.65. The van der Waals surface area contributed by atoms with Gasteiger partial charge in [0.1, 0.15) is 5.75 Å². The SMILES string of the molecule is C=CCN1C(=O)[C@@]2(O[C@@H](CCO)C[C@H]2C)c2cc(N3C(=O)COc4ccccc43)ccc21. The number of ether oxygens (including phenoxy) is 2. The quantitative estimate of drug-likeness (QED) is 0.731. The Kier molecular flexibility index (Phi) is 5.03. The predicted octanol–water partition coefficient (Wildman–Crippen LogP) is 3.28. The summed E-state index contributed by atoms with van der Waals surface area (Å²) in [7, 11) is 0. The third kappa shape index (κ3) is 2.88. The second-order valence-electron chi connectivity index (χ2n) is 8.52.